The van der Waals surface area contributed by atoms with Crippen molar-refractivity contribution in [3.05, 3.63) is 27.6 Å². The number of carbonyl (C=O) groups is 1. The number of nitrogens with zero attached hydrogens (tertiary/aromatic N) is 2. The van der Waals surface area contributed by atoms with Crippen LogP contribution in [0.1, 0.15) is 33.6 Å². The fourth-order valence-electron chi connectivity index (χ4n) is 1.06. The van der Waals surface area contributed by atoms with Crippen molar-refractivity contribution in [2.24, 2.45) is 5.41 Å². The molecule has 0 radical (unpaired) electrons. The van der Waals surface area contributed by atoms with Crippen molar-refractivity contribution in [2.75, 3.05) is 0 Å². The Bertz CT molecular complexity index is 463. The van der Waals surface area contributed by atoms with Crippen LogP contribution in [0.15, 0.2) is 17.1 Å². The second-order valence-corrected chi connectivity index (χ2v) is 5.35. The molecular formula is C11H15ClN2O3. The molecule has 0 unspecified atom stereocenters. The Kier molecular flexibility index (Phi) is 4.28. The smallest absolute Gasteiger partial charge is 0.316 e. The van der Waals surface area contributed by atoms with E-state index in [1.54, 1.807) is 0 Å². The number of rotatable bonds is 3. The summed E-state index contributed by atoms with van der Waals surface area (Å²) in [6.45, 7) is 6.06. The standard InChI is InChI=1S/C11H15ClN2O3/c1-11(2,3)5-4-10(16)17-14-9(15)6-8(12)7-13-14/h6-7H,4-5H2,1-3H3. The normalized spacial score (nSPS) is 11.3. The molecule has 0 aromatic carbocycles. The molecule has 0 amide bonds. The van der Waals surface area contributed by atoms with E-state index in [0.29, 0.717) is 11.3 Å². The molecule has 94 valence electrons. The summed E-state index contributed by atoms with van der Waals surface area (Å²) in [6, 6.07) is 1.13. The van der Waals surface area contributed by atoms with Crippen molar-refractivity contribution in [1.82, 2.24) is 9.94 Å². The van der Waals surface area contributed by atoms with Crippen LogP contribution in [0.4, 0.5) is 0 Å². The third kappa shape index (κ3) is 4.99. The molecule has 1 aromatic rings. The largest absolute Gasteiger partial charge is 0.335 e. The lowest BCUT2D eigenvalue weighted by Crippen LogP contribution is -2.32. The number of hydrogen-bond acceptors (Lipinski definition) is 4. The first-order valence-corrected chi connectivity index (χ1v) is 5.62. The molecule has 0 aliphatic heterocycles. The van der Waals surface area contributed by atoms with Gasteiger partial charge >= 0.3 is 11.5 Å². The Morgan fingerprint density at radius 2 is 2.18 bits per heavy atom. The second kappa shape index (κ2) is 5.31. The topological polar surface area (TPSA) is 61.2 Å². The van der Waals surface area contributed by atoms with Crippen LogP contribution < -0.4 is 10.4 Å². The summed E-state index contributed by atoms with van der Waals surface area (Å²) in [6.07, 6.45) is 2.15. The van der Waals surface area contributed by atoms with Crippen LogP contribution in [-0.2, 0) is 4.79 Å². The van der Waals surface area contributed by atoms with E-state index in [1.807, 2.05) is 20.8 Å². The van der Waals surface area contributed by atoms with Gasteiger partial charge in [0.2, 0.25) is 0 Å². The van der Waals surface area contributed by atoms with Gasteiger partial charge in [-0.1, -0.05) is 32.4 Å². The molecule has 0 saturated heterocycles. The lowest BCUT2D eigenvalue weighted by atomic mass is 9.91. The monoisotopic (exact) mass is 258 g/mol. The Morgan fingerprint density at radius 3 is 2.71 bits per heavy atom. The van der Waals surface area contributed by atoms with E-state index >= 15 is 0 Å². The summed E-state index contributed by atoms with van der Waals surface area (Å²) in [7, 11) is 0. The summed E-state index contributed by atoms with van der Waals surface area (Å²) in [5.41, 5.74) is -0.529. The zero-order chi connectivity index (χ0) is 13.1. The third-order valence-corrected chi connectivity index (χ3v) is 2.21. The molecule has 5 nitrogen and oxygen atoms in total. The van der Waals surface area contributed by atoms with Gasteiger partial charge in [0.1, 0.15) is 0 Å². The predicted octanol–water partition coefficient (Wildman–Crippen LogP) is 1.68. The summed E-state index contributed by atoms with van der Waals surface area (Å²) < 4.78 is 0. The molecule has 0 bridgehead atoms. The zero-order valence-electron chi connectivity index (χ0n) is 10.1. The van der Waals surface area contributed by atoms with Crippen LogP contribution in [0.5, 0.6) is 0 Å². The van der Waals surface area contributed by atoms with Gasteiger partial charge in [-0.2, -0.15) is 0 Å². The highest BCUT2D eigenvalue weighted by Crippen LogP contribution is 2.20. The highest BCUT2D eigenvalue weighted by atomic mass is 35.5. The summed E-state index contributed by atoms with van der Waals surface area (Å²) in [4.78, 5) is 28.2. The molecule has 0 fully saturated rings. The molecule has 0 spiro atoms. The highest BCUT2D eigenvalue weighted by molar-refractivity contribution is 6.30. The average molecular weight is 259 g/mol. The lowest BCUT2D eigenvalue weighted by Gasteiger charge is -2.16. The van der Waals surface area contributed by atoms with Gasteiger partial charge < -0.3 is 4.84 Å². The van der Waals surface area contributed by atoms with Gasteiger partial charge in [-0.3, -0.25) is 4.79 Å². The van der Waals surface area contributed by atoms with Crippen LogP contribution in [0.25, 0.3) is 0 Å². The summed E-state index contributed by atoms with van der Waals surface area (Å²) >= 11 is 5.56. The Morgan fingerprint density at radius 1 is 1.53 bits per heavy atom. The Hall–Kier alpha value is -1.36. The van der Waals surface area contributed by atoms with Crippen LogP contribution in [0, 0.1) is 5.41 Å². The van der Waals surface area contributed by atoms with E-state index in [2.05, 4.69) is 5.10 Å². The molecular weight excluding hydrogens is 244 g/mol. The lowest BCUT2D eigenvalue weighted by molar-refractivity contribution is -0.147. The molecule has 1 aromatic heterocycles. The van der Waals surface area contributed by atoms with Gasteiger partial charge in [0.25, 0.3) is 0 Å². The van der Waals surface area contributed by atoms with Crippen molar-refractivity contribution < 1.29 is 9.63 Å². The first kappa shape index (κ1) is 13.7. The van der Waals surface area contributed by atoms with Gasteiger partial charge in [-0.25, -0.2) is 4.79 Å². The number of aromatic nitrogens is 2. The van der Waals surface area contributed by atoms with Crippen molar-refractivity contribution in [3.8, 4) is 0 Å². The average Bonchev–Trinajstić information content (AvgIpc) is 2.18. The van der Waals surface area contributed by atoms with E-state index in [-0.39, 0.29) is 16.9 Å². The first-order valence-electron chi connectivity index (χ1n) is 5.24. The van der Waals surface area contributed by atoms with Crippen LogP contribution in [0.3, 0.4) is 0 Å². The molecule has 0 aliphatic carbocycles. The maximum absolute atomic E-state index is 11.4. The van der Waals surface area contributed by atoms with E-state index in [0.717, 1.165) is 6.07 Å². The number of hydrogen-bond donors (Lipinski definition) is 0. The van der Waals surface area contributed by atoms with Crippen molar-refractivity contribution >= 4 is 17.6 Å². The molecule has 0 saturated carbocycles. The van der Waals surface area contributed by atoms with E-state index in [9.17, 15) is 9.59 Å². The molecule has 0 atom stereocenters. The van der Waals surface area contributed by atoms with Crippen LogP contribution in [0.2, 0.25) is 5.02 Å². The Labute approximate surface area is 104 Å². The summed E-state index contributed by atoms with van der Waals surface area (Å²) in [5, 5.41) is 3.80. The fourth-order valence-corrected chi connectivity index (χ4v) is 1.20. The SMILES string of the molecule is CC(C)(C)CCC(=O)On1ncc(Cl)cc1=O. The van der Waals surface area contributed by atoms with Gasteiger partial charge in [0.05, 0.1) is 11.2 Å². The quantitative estimate of drug-likeness (QED) is 0.828. The van der Waals surface area contributed by atoms with Crippen molar-refractivity contribution in [1.29, 1.82) is 0 Å². The molecule has 6 heteroatoms. The van der Waals surface area contributed by atoms with Crippen molar-refractivity contribution in [2.45, 2.75) is 33.6 Å². The van der Waals surface area contributed by atoms with Crippen LogP contribution in [-0.4, -0.2) is 15.9 Å². The van der Waals surface area contributed by atoms with Crippen molar-refractivity contribution in [3.63, 3.8) is 0 Å². The Balaban J connectivity index is 2.60. The molecule has 0 N–H and O–H groups in total. The van der Waals surface area contributed by atoms with Gasteiger partial charge in [-0.05, 0) is 16.7 Å². The maximum atomic E-state index is 11.4. The van der Waals surface area contributed by atoms with E-state index in [4.69, 9.17) is 16.4 Å². The summed E-state index contributed by atoms with van der Waals surface area (Å²) in [5.74, 6) is -0.489. The number of carbonyl (C=O) groups excluding carboxylic acids is 1. The first-order chi connectivity index (χ1) is 7.78. The minimum atomic E-state index is -0.568. The van der Waals surface area contributed by atoms with E-state index < -0.39 is 11.5 Å². The highest BCUT2D eigenvalue weighted by Gasteiger charge is 2.15. The van der Waals surface area contributed by atoms with Gasteiger partial charge in [-0.15, -0.1) is 5.10 Å². The molecule has 17 heavy (non-hydrogen) atoms. The number of halogens is 1. The molecule has 1 rings (SSSR count). The van der Waals surface area contributed by atoms with Gasteiger partial charge in [0, 0.05) is 12.5 Å². The minimum Gasteiger partial charge on any atom is -0.316 e. The zero-order valence-corrected chi connectivity index (χ0v) is 10.8. The van der Waals surface area contributed by atoms with Crippen LogP contribution >= 0.6 is 11.6 Å². The second-order valence-electron chi connectivity index (χ2n) is 4.91. The fraction of sp³-hybridized carbons (Fsp3) is 0.545. The van der Waals surface area contributed by atoms with Gasteiger partial charge in [0.15, 0.2) is 0 Å². The molecule has 0 aliphatic rings. The third-order valence-electron chi connectivity index (χ3n) is 2.00. The minimum absolute atomic E-state index is 0.0391. The molecule has 1 heterocycles. The van der Waals surface area contributed by atoms with E-state index in [1.165, 1.54) is 6.20 Å². The predicted molar refractivity (Wildman–Crippen MR) is 63.8 cm³/mol. The maximum Gasteiger partial charge on any atom is 0.335 e.